The first-order valence-corrected chi connectivity index (χ1v) is 26.2. The third-order valence-electron chi connectivity index (χ3n) is 13.7. The second kappa shape index (κ2) is 22.3. The van der Waals surface area contributed by atoms with Gasteiger partial charge in [0.05, 0.1) is 48.3 Å². The normalized spacial score (nSPS) is 18.0. The van der Waals surface area contributed by atoms with Gasteiger partial charge in [-0.25, -0.2) is 8.42 Å². The smallest absolute Gasteiger partial charge is 0.748 e. The van der Waals surface area contributed by atoms with Crippen LogP contribution in [0.15, 0.2) is 91.0 Å². The predicted molar refractivity (Wildman–Crippen MR) is 273 cm³/mol. The molecule has 3 atom stereocenters. The van der Waals surface area contributed by atoms with Gasteiger partial charge >= 0.3 is 29.6 Å². The van der Waals surface area contributed by atoms with Crippen molar-refractivity contribution in [2.45, 2.75) is 102 Å². The van der Waals surface area contributed by atoms with Gasteiger partial charge in [0.2, 0.25) is 0 Å². The minimum Gasteiger partial charge on any atom is -0.748 e. The van der Waals surface area contributed by atoms with Gasteiger partial charge in [-0.1, -0.05) is 43.3 Å². The van der Waals surface area contributed by atoms with Crippen molar-refractivity contribution in [3.63, 3.8) is 0 Å². The summed E-state index contributed by atoms with van der Waals surface area (Å²) in [4.78, 5) is 34.2. The van der Waals surface area contributed by atoms with Crippen LogP contribution in [0.5, 0.6) is 17.2 Å². The number of amides is 2. The number of ether oxygens (including phenoxy) is 5. The Morgan fingerprint density at radius 3 is 2.00 bits per heavy atom. The summed E-state index contributed by atoms with van der Waals surface area (Å²) in [5.41, 5.74) is 9.23. The maximum atomic E-state index is 14.3. The zero-order valence-electron chi connectivity index (χ0n) is 41.6. The van der Waals surface area contributed by atoms with E-state index in [0.29, 0.717) is 91.1 Å². The van der Waals surface area contributed by atoms with E-state index in [-0.39, 0.29) is 78.2 Å². The fourth-order valence-corrected chi connectivity index (χ4v) is 11.7. The van der Waals surface area contributed by atoms with E-state index in [0.717, 1.165) is 52.9 Å². The average molecular weight is 1010 g/mol. The number of aryl methyl sites for hydroxylation is 2. The van der Waals surface area contributed by atoms with Gasteiger partial charge in [0.15, 0.2) is 11.5 Å². The number of rotatable bonds is 19. The van der Waals surface area contributed by atoms with Crippen LogP contribution in [-0.4, -0.2) is 93.5 Å². The second-order valence-electron chi connectivity index (χ2n) is 19.5. The number of fused-ring (bicyclic) bond motifs is 8. The molecule has 2 amide bonds. The molecule has 0 bridgehead atoms. The monoisotopic (exact) mass is 1010 g/mol. The molecule has 0 aromatic heterocycles. The SMILES string of the molecule is CCCOCCOCCN(CC(C)(C)S)c1cc(COc2cc3c(cc2C)C(=O)N2c4ccccc4C[C@H]2C(S(=O)(=O)[O-])C3)cc(COc2cc3c(cc2OC)C(=O)N2c4ccccc4C[C@H]2CC3)c1.[Na+]. The van der Waals surface area contributed by atoms with Gasteiger partial charge in [0.1, 0.15) is 19.0 Å². The fourth-order valence-electron chi connectivity index (χ4n) is 10.5. The Kier molecular flexibility index (Phi) is 16.5. The Morgan fingerprint density at radius 1 is 0.732 bits per heavy atom. The van der Waals surface area contributed by atoms with Gasteiger partial charge < -0.3 is 42.9 Å². The predicted octanol–water partition coefficient (Wildman–Crippen LogP) is 5.68. The molecule has 0 saturated carbocycles. The number of carbonyl (C=O) groups is 2. The van der Waals surface area contributed by atoms with Crippen LogP contribution in [0.1, 0.15) is 93.3 Å². The van der Waals surface area contributed by atoms with Crippen LogP contribution >= 0.6 is 12.6 Å². The Balaban J connectivity index is 0.00000676. The van der Waals surface area contributed by atoms with Crippen LogP contribution in [0.25, 0.3) is 0 Å². The Labute approximate surface area is 445 Å². The van der Waals surface area contributed by atoms with Crippen molar-refractivity contribution in [1.29, 1.82) is 0 Å². The van der Waals surface area contributed by atoms with Crippen LogP contribution in [-0.2, 0) is 58.5 Å². The van der Waals surface area contributed by atoms with Crippen LogP contribution < -0.4 is 58.5 Å². The third-order valence-corrected chi connectivity index (χ3v) is 15.1. The number of nitrogens with zero attached hydrogens (tertiary/aromatic N) is 3. The number of methoxy groups -OCH3 is 1. The number of hydrogen-bond donors (Lipinski definition) is 1. The molecular weight excluding hydrogens is 950 g/mol. The Hall–Kier alpha value is -4.58. The first-order chi connectivity index (χ1) is 33.6. The number of hydrogen-bond acceptors (Lipinski definition) is 12. The summed E-state index contributed by atoms with van der Waals surface area (Å²) in [5.74, 6) is 1.09. The quantitative estimate of drug-likeness (QED) is 0.0472. The number of benzene rings is 5. The summed E-state index contributed by atoms with van der Waals surface area (Å²) in [6.45, 7) is 11.6. The summed E-state index contributed by atoms with van der Waals surface area (Å²) in [5, 5.41) is -1.34. The van der Waals surface area contributed by atoms with Crippen molar-refractivity contribution in [1.82, 2.24) is 0 Å². The minimum absolute atomic E-state index is 0. The van der Waals surface area contributed by atoms with Crippen LogP contribution in [0.2, 0.25) is 0 Å². The summed E-state index contributed by atoms with van der Waals surface area (Å²) >= 11 is 4.93. The molecule has 16 heteroatoms. The Morgan fingerprint density at radius 2 is 1.34 bits per heavy atom. The van der Waals surface area contributed by atoms with E-state index in [1.165, 1.54) is 10.5 Å². The van der Waals surface area contributed by atoms with Crippen molar-refractivity contribution in [3.8, 4) is 17.2 Å². The van der Waals surface area contributed by atoms with Crippen molar-refractivity contribution >= 4 is 51.6 Å². The maximum absolute atomic E-state index is 14.3. The molecule has 0 N–H and O–H groups in total. The van der Waals surface area contributed by atoms with E-state index in [2.05, 4.69) is 43.9 Å². The summed E-state index contributed by atoms with van der Waals surface area (Å²) in [6.07, 6.45) is 3.46. The Bertz CT molecular complexity index is 2890. The number of anilines is 3. The molecule has 71 heavy (non-hydrogen) atoms. The first-order valence-electron chi connectivity index (χ1n) is 24.2. The van der Waals surface area contributed by atoms with Gasteiger partial charge in [-0.05, 0) is 153 Å². The molecule has 5 aromatic rings. The summed E-state index contributed by atoms with van der Waals surface area (Å²) in [7, 11) is -3.23. The van der Waals surface area contributed by atoms with E-state index < -0.39 is 21.4 Å². The van der Waals surface area contributed by atoms with Gasteiger partial charge in [0.25, 0.3) is 11.8 Å². The molecule has 4 heterocycles. The van der Waals surface area contributed by atoms with E-state index in [1.54, 1.807) is 25.3 Å². The van der Waals surface area contributed by atoms with E-state index >= 15 is 0 Å². The molecule has 13 nitrogen and oxygen atoms in total. The first kappa shape index (κ1) is 52.7. The maximum Gasteiger partial charge on any atom is 1.00 e. The number of thiol groups is 1. The minimum atomic E-state index is -4.81. The largest absolute Gasteiger partial charge is 1.00 e. The molecule has 0 fully saturated rings. The third kappa shape index (κ3) is 11.6. The topological polar surface area (TPSA) is 147 Å². The van der Waals surface area contributed by atoms with Gasteiger partial charge in [-0.3, -0.25) is 9.59 Å². The molecule has 0 spiro atoms. The van der Waals surface area contributed by atoms with Gasteiger partial charge in [-0.2, -0.15) is 12.6 Å². The zero-order valence-corrected chi connectivity index (χ0v) is 45.3. The number of carbonyl (C=O) groups excluding carboxylic acids is 2. The van der Waals surface area contributed by atoms with Crippen LogP contribution in [0.3, 0.4) is 0 Å². The molecule has 370 valence electrons. The van der Waals surface area contributed by atoms with Crippen LogP contribution in [0.4, 0.5) is 17.1 Å². The van der Waals surface area contributed by atoms with Crippen molar-refractivity contribution in [3.05, 3.63) is 141 Å². The van der Waals surface area contributed by atoms with Crippen molar-refractivity contribution < 1.29 is 75.8 Å². The van der Waals surface area contributed by atoms with Gasteiger partial charge in [0, 0.05) is 58.7 Å². The fraction of sp³-hybridized carbons (Fsp3) is 0.418. The van der Waals surface area contributed by atoms with E-state index in [1.807, 2.05) is 66.4 Å². The molecule has 9 rings (SSSR count). The van der Waals surface area contributed by atoms with Crippen LogP contribution in [0, 0.1) is 6.92 Å². The summed E-state index contributed by atoms with van der Waals surface area (Å²) < 4.78 is 69.1. The molecule has 0 radical (unpaired) electrons. The molecule has 0 saturated heterocycles. The van der Waals surface area contributed by atoms with Crippen molar-refractivity contribution in [2.75, 3.05) is 61.3 Å². The average Bonchev–Trinajstić information content (AvgIpc) is 3.83. The van der Waals surface area contributed by atoms with Crippen molar-refractivity contribution in [2.24, 2.45) is 0 Å². The second-order valence-corrected chi connectivity index (χ2v) is 22.3. The molecular formula is C55H62N3NaO10S2. The molecule has 5 aromatic carbocycles. The van der Waals surface area contributed by atoms with E-state index in [9.17, 15) is 22.6 Å². The van der Waals surface area contributed by atoms with Gasteiger partial charge in [-0.15, -0.1) is 0 Å². The van der Waals surface area contributed by atoms with E-state index in [4.69, 9.17) is 36.3 Å². The number of para-hydroxylation sites is 2. The zero-order chi connectivity index (χ0) is 49.3. The molecule has 0 aliphatic carbocycles. The molecule has 1 unspecified atom stereocenters. The molecule has 4 aliphatic heterocycles. The standard InChI is InChI=1S/C55H63N3O10S2.Na/c1-6-18-65-20-21-66-19-17-56(34-55(3,4)69)43-24-36(32-67-49-29-41-30-52(70(61,62)63)48-27-40-12-8-10-14-47(40)58(48)54(60)44(41)22-35(49)2)23-37(25-43)33-68-51-28-38-15-16-42-26-39-11-7-9-13-46(39)57(42)53(59)45(38)31-50(51)64-5;/h7-14,22-25,28-29,31,42,48,52,69H,6,15-21,26-27,30,32-34H2,1-5H3,(H,61,62,63);/q;+1/p-1/t42-,48+,52?;/m1./s1. The molecule has 4 aliphatic rings. The summed E-state index contributed by atoms with van der Waals surface area (Å²) in [6, 6.07) is 28.1.